The summed E-state index contributed by atoms with van der Waals surface area (Å²) in [4.78, 5) is 2.30. The second-order valence-corrected chi connectivity index (χ2v) is 5.29. The minimum absolute atomic E-state index is 0.0281. The minimum Gasteiger partial charge on any atom is -0.395 e. The third kappa shape index (κ3) is 4.21. The van der Waals surface area contributed by atoms with Crippen molar-refractivity contribution >= 4 is 0 Å². The molecule has 1 heterocycles. The van der Waals surface area contributed by atoms with Crippen LogP contribution in [0.25, 0.3) is 0 Å². The number of aliphatic hydroxyl groups is 1. The van der Waals surface area contributed by atoms with E-state index in [1.807, 2.05) is 6.92 Å². The molecule has 3 atom stereocenters. The second-order valence-electron chi connectivity index (χ2n) is 5.29. The number of piperidine rings is 1. The smallest absolute Gasteiger partial charge is 0.0702 e. The first-order chi connectivity index (χ1) is 8.10. The zero-order chi connectivity index (χ0) is 12.8. The average molecular weight is 244 g/mol. The van der Waals surface area contributed by atoms with E-state index in [9.17, 15) is 5.11 Å². The van der Waals surface area contributed by atoms with Gasteiger partial charge in [-0.05, 0) is 32.2 Å². The fourth-order valence-corrected chi connectivity index (χ4v) is 2.56. The lowest BCUT2D eigenvalue weighted by Gasteiger charge is -2.40. The molecule has 0 aromatic carbocycles. The van der Waals surface area contributed by atoms with Crippen LogP contribution in [0.15, 0.2) is 0 Å². The summed E-state index contributed by atoms with van der Waals surface area (Å²) in [7, 11) is 0. The molecule has 0 aromatic rings. The number of ether oxygens (including phenoxy) is 1. The molecule has 0 aromatic heterocycles. The van der Waals surface area contributed by atoms with Gasteiger partial charge in [-0.25, -0.2) is 0 Å². The third-order valence-electron chi connectivity index (χ3n) is 3.68. The Morgan fingerprint density at radius 2 is 2.18 bits per heavy atom. The monoisotopic (exact) mass is 244 g/mol. The van der Waals surface area contributed by atoms with Crippen LogP contribution in [0.3, 0.4) is 0 Å². The number of nitrogens with two attached hydrogens (primary N) is 1. The summed E-state index contributed by atoms with van der Waals surface area (Å²) in [6.45, 7) is 9.07. The molecule has 0 amide bonds. The first-order valence-corrected chi connectivity index (χ1v) is 6.82. The van der Waals surface area contributed by atoms with Gasteiger partial charge in [0.25, 0.3) is 0 Å². The highest BCUT2D eigenvalue weighted by Gasteiger charge is 2.30. The van der Waals surface area contributed by atoms with Gasteiger partial charge in [0, 0.05) is 25.2 Å². The van der Waals surface area contributed by atoms with Crippen molar-refractivity contribution in [3.8, 4) is 0 Å². The summed E-state index contributed by atoms with van der Waals surface area (Å²) in [5.74, 6) is 0.389. The number of hydrogen-bond donors (Lipinski definition) is 2. The van der Waals surface area contributed by atoms with E-state index in [2.05, 4.69) is 18.7 Å². The minimum atomic E-state index is 0.0281. The van der Waals surface area contributed by atoms with Crippen molar-refractivity contribution in [3.63, 3.8) is 0 Å². The number of nitrogens with zero attached hydrogens (tertiary/aromatic N) is 1. The van der Waals surface area contributed by atoms with Gasteiger partial charge in [0.15, 0.2) is 0 Å². The molecule has 3 unspecified atom stereocenters. The van der Waals surface area contributed by atoms with E-state index in [1.165, 1.54) is 0 Å². The Morgan fingerprint density at radius 1 is 1.47 bits per heavy atom. The number of rotatable bonds is 6. The first kappa shape index (κ1) is 14.9. The molecule has 4 nitrogen and oxygen atoms in total. The summed E-state index contributed by atoms with van der Waals surface area (Å²) in [6.07, 6.45) is 2.56. The molecule has 3 N–H and O–H groups in total. The van der Waals surface area contributed by atoms with Gasteiger partial charge in [-0.2, -0.15) is 0 Å². The Morgan fingerprint density at radius 3 is 2.71 bits per heavy atom. The van der Waals surface area contributed by atoms with E-state index >= 15 is 0 Å². The van der Waals surface area contributed by atoms with Crippen LogP contribution in [-0.2, 0) is 4.74 Å². The molecule has 0 saturated carbocycles. The van der Waals surface area contributed by atoms with Gasteiger partial charge < -0.3 is 15.6 Å². The van der Waals surface area contributed by atoms with Crippen molar-refractivity contribution < 1.29 is 9.84 Å². The fraction of sp³-hybridized carbons (Fsp3) is 1.00. The van der Waals surface area contributed by atoms with E-state index in [4.69, 9.17) is 10.5 Å². The molecule has 17 heavy (non-hydrogen) atoms. The Balaban J connectivity index is 2.56. The zero-order valence-electron chi connectivity index (χ0n) is 11.4. The van der Waals surface area contributed by atoms with Crippen LogP contribution >= 0.6 is 0 Å². The van der Waals surface area contributed by atoms with E-state index in [0.717, 1.165) is 32.5 Å². The molecule has 1 aliphatic heterocycles. The van der Waals surface area contributed by atoms with Gasteiger partial charge in [-0.1, -0.05) is 13.8 Å². The van der Waals surface area contributed by atoms with Crippen molar-refractivity contribution in [1.29, 1.82) is 0 Å². The van der Waals surface area contributed by atoms with Gasteiger partial charge in [-0.3, -0.25) is 4.90 Å². The maximum atomic E-state index is 9.55. The van der Waals surface area contributed by atoms with Crippen LogP contribution in [-0.4, -0.2) is 54.5 Å². The fourth-order valence-electron chi connectivity index (χ4n) is 2.56. The molecule has 102 valence electrons. The number of hydrogen-bond acceptors (Lipinski definition) is 4. The molecular formula is C13H28N2O2. The summed E-state index contributed by atoms with van der Waals surface area (Å²) >= 11 is 0. The highest BCUT2D eigenvalue weighted by molar-refractivity contribution is 4.87. The summed E-state index contributed by atoms with van der Waals surface area (Å²) < 4.78 is 5.68. The topological polar surface area (TPSA) is 58.7 Å². The molecular weight excluding hydrogens is 216 g/mol. The third-order valence-corrected chi connectivity index (χ3v) is 3.68. The zero-order valence-corrected chi connectivity index (χ0v) is 11.4. The summed E-state index contributed by atoms with van der Waals surface area (Å²) in [5, 5.41) is 9.55. The maximum Gasteiger partial charge on any atom is 0.0702 e. The molecule has 1 saturated heterocycles. The largest absolute Gasteiger partial charge is 0.395 e. The van der Waals surface area contributed by atoms with E-state index in [1.54, 1.807) is 0 Å². The van der Waals surface area contributed by atoms with Gasteiger partial charge in [-0.15, -0.1) is 0 Å². The first-order valence-electron chi connectivity index (χ1n) is 6.82. The van der Waals surface area contributed by atoms with Crippen LogP contribution < -0.4 is 5.73 Å². The molecule has 0 aliphatic carbocycles. The van der Waals surface area contributed by atoms with E-state index in [0.29, 0.717) is 12.0 Å². The normalized spacial score (nSPS) is 26.1. The standard InChI is InChI=1S/C13H28N2O2/c1-4-17-11-6-5-7-15(8-11)12(9-16)13(14)10(2)3/h10-13,16H,4-9,14H2,1-3H3. The van der Waals surface area contributed by atoms with E-state index < -0.39 is 0 Å². The average Bonchev–Trinajstić information content (AvgIpc) is 2.30. The number of likely N-dealkylation sites (tertiary alicyclic amines) is 1. The van der Waals surface area contributed by atoms with Gasteiger partial charge in [0.2, 0.25) is 0 Å². The quantitative estimate of drug-likeness (QED) is 0.726. The molecule has 1 fully saturated rings. The highest BCUT2D eigenvalue weighted by atomic mass is 16.5. The molecule has 1 rings (SSSR count). The van der Waals surface area contributed by atoms with Crippen molar-refractivity contribution in [3.05, 3.63) is 0 Å². The van der Waals surface area contributed by atoms with Crippen LogP contribution in [0.1, 0.15) is 33.6 Å². The Bertz CT molecular complexity index is 210. The molecule has 0 radical (unpaired) electrons. The van der Waals surface area contributed by atoms with Crippen molar-refractivity contribution in [2.24, 2.45) is 11.7 Å². The Labute approximate surface area is 105 Å². The molecule has 4 heteroatoms. The lowest BCUT2D eigenvalue weighted by atomic mass is 9.94. The van der Waals surface area contributed by atoms with Gasteiger partial charge in [0.05, 0.1) is 12.7 Å². The van der Waals surface area contributed by atoms with Crippen molar-refractivity contribution in [1.82, 2.24) is 4.90 Å². The van der Waals surface area contributed by atoms with Crippen LogP contribution in [0.4, 0.5) is 0 Å². The van der Waals surface area contributed by atoms with Gasteiger partial charge in [0.1, 0.15) is 0 Å². The molecule has 1 aliphatic rings. The second kappa shape index (κ2) is 7.31. The van der Waals surface area contributed by atoms with Crippen molar-refractivity contribution in [2.75, 3.05) is 26.3 Å². The Kier molecular flexibility index (Phi) is 6.41. The van der Waals surface area contributed by atoms with Crippen LogP contribution in [0.2, 0.25) is 0 Å². The SMILES string of the molecule is CCOC1CCCN(C(CO)C(N)C(C)C)C1. The number of aliphatic hydroxyl groups excluding tert-OH is 1. The summed E-state index contributed by atoms with van der Waals surface area (Å²) in [5.41, 5.74) is 6.18. The Hall–Kier alpha value is -0.160. The predicted molar refractivity (Wildman–Crippen MR) is 69.9 cm³/mol. The maximum absolute atomic E-state index is 9.55. The van der Waals surface area contributed by atoms with Gasteiger partial charge >= 0.3 is 0 Å². The van der Waals surface area contributed by atoms with E-state index in [-0.39, 0.29) is 18.7 Å². The summed E-state index contributed by atoms with van der Waals surface area (Å²) in [6, 6.07) is 0.0960. The highest BCUT2D eigenvalue weighted by Crippen LogP contribution is 2.19. The predicted octanol–water partition coefficient (Wildman–Crippen LogP) is 0.832. The van der Waals surface area contributed by atoms with Crippen molar-refractivity contribution in [2.45, 2.75) is 51.8 Å². The molecule has 0 bridgehead atoms. The van der Waals surface area contributed by atoms with Crippen LogP contribution in [0, 0.1) is 5.92 Å². The lowest BCUT2D eigenvalue weighted by Crippen LogP contribution is -2.56. The molecule has 0 spiro atoms. The lowest BCUT2D eigenvalue weighted by molar-refractivity contribution is -0.0227. The van der Waals surface area contributed by atoms with Crippen LogP contribution in [0.5, 0.6) is 0 Å².